The van der Waals surface area contributed by atoms with Crippen LogP contribution < -0.4 is 11.1 Å². The molecule has 3 N–H and O–H groups in total. The number of nitrogens with two attached hydrogens (primary N) is 1. The maximum absolute atomic E-state index is 11.1. The molecule has 0 saturated heterocycles. The van der Waals surface area contributed by atoms with Crippen molar-refractivity contribution in [3.8, 4) is 0 Å². The van der Waals surface area contributed by atoms with Gasteiger partial charge in [0.25, 0.3) is 0 Å². The third-order valence-corrected chi connectivity index (χ3v) is 3.02. The van der Waals surface area contributed by atoms with Gasteiger partial charge < -0.3 is 11.1 Å². The number of rotatable bonds is 7. The van der Waals surface area contributed by atoms with Crippen LogP contribution >= 0.6 is 0 Å². The molecule has 0 aliphatic heterocycles. The van der Waals surface area contributed by atoms with Crippen molar-refractivity contribution < 1.29 is 4.79 Å². The first-order chi connectivity index (χ1) is 8.99. The zero-order chi connectivity index (χ0) is 14.3. The van der Waals surface area contributed by atoms with Gasteiger partial charge in [0, 0.05) is 18.2 Å². The van der Waals surface area contributed by atoms with Gasteiger partial charge in [0.05, 0.1) is 0 Å². The van der Waals surface area contributed by atoms with Crippen LogP contribution in [0.2, 0.25) is 0 Å². The van der Waals surface area contributed by atoms with Gasteiger partial charge in [0.15, 0.2) is 0 Å². The highest BCUT2D eigenvalue weighted by atomic mass is 16.1. The van der Waals surface area contributed by atoms with Gasteiger partial charge in [-0.1, -0.05) is 23.8 Å². The van der Waals surface area contributed by atoms with E-state index in [1.165, 1.54) is 5.57 Å². The summed E-state index contributed by atoms with van der Waals surface area (Å²) in [5.74, 6) is -0.376. The summed E-state index contributed by atoms with van der Waals surface area (Å²) in [6, 6.07) is 7.91. The molecule has 0 aliphatic carbocycles. The van der Waals surface area contributed by atoms with Gasteiger partial charge in [-0.15, -0.1) is 0 Å². The van der Waals surface area contributed by atoms with Crippen LogP contribution in [0.25, 0.3) is 0 Å². The topological polar surface area (TPSA) is 55.1 Å². The molecule has 19 heavy (non-hydrogen) atoms. The number of hydrogen-bond donors (Lipinski definition) is 2. The van der Waals surface area contributed by atoms with Crippen molar-refractivity contribution in [2.75, 3.05) is 0 Å². The summed E-state index contributed by atoms with van der Waals surface area (Å²) in [7, 11) is 0. The van der Waals surface area contributed by atoms with E-state index in [-0.39, 0.29) is 5.91 Å². The van der Waals surface area contributed by atoms with Crippen LogP contribution in [0.5, 0.6) is 0 Å². The van der Waals surface area contributed by atoms with Crippen molar-refractivity contribution in [1.82, 2.24) is 5.32 Å². The lowest BCUT2D eigenvalue weighted by atomic mass is 10.1. The molecule has 1 aromatic rings. The minimum Gasteiger partial charge on any atom is -0.366 e. The first kappa shape index (κ1) is 15.4. The Hall–Kier alpha value is -1.61. The van der Waals surface area contributed by atoms with Crippen LogP contribution in [0.3, 0.4) is 0 Å². The second kappa shape index (κ2) is 7.74. The summed E-state index contributed by atoms with van der Waals surface area (Å²) in [5.41, 5.74) is 8.28. The number of benzene rings is 1. The van der Waals surface area contributed by atoms with Crippen LogP contribution in [0.15, 0.2) is 35.9 Å². The van der Waals surface area contributed by atoms with Gasteiger partial charge in [0.1, 0.15) is 0 Å². The Morgan fingerprint density at radius 3 is 2.79 bits per heavy atom. The van der Waals surface area contributed by atoms with E-state index in [0.717, 1.165) is 24.9 Å². The van der Waals surface area contributed by atoms with Crippen molar-refractivity contribution in [3.63, 3.8) is 0 Å². The van der Waals surface area contributed by atoms with Gasteiger partial charge in [-0.2, -0.15) is 0 Å². The SMILES string of the molecule is CC(C)=CCC[C@@H](C)NCc1cccc(C(N)=O)c1. The first-order valence-corrected chi connectivity index (χ1v) is 6.74. The van der Waals surface area contributed by atoms with Gasteiger partial charge in [-0.3, -0.25) is 4.79 Å². The molecule has 0 aromatic heterocycles. The normalized spacial score (nSPS) is 11.9. The molecule has 1 atom stereocenters. The van der Waals surface area contributed by atoms with Crippen molar-refractivity contribution in [2.45, 2.75) is 46.2 Å². The number of allylic oxidation sites excluding steroid dienone is 2. The van der Waals surface area contributed by atoms with Crippen molar-refractivity contribution >= 4 is 5.91 Å². The third kappa shape index (κ3) is 6.20. The second-order valence-corrected chi connectivity index (χ2v) is 5.21. The van der Waals surface area contributed by atoms with E-state index >= 15 is 0 Å². The molecular weight excluding hydrogens is 236 g/mol. The lowest BCUT2D eigenvalue weighted by Crippen LogP contribution is -2.25. The van der Waals surface area contributed by atoms with E-state index in [4.69, 9.17) is 5.73 Å². The fourth-order valence-corrected chi connectivity index (χ4v) is 1.85. The van der Waals surface area contributed by atoms with Gasteiger partial charge in [0.2, 0.25) is 5.91 Å². The average Bonchev–Trinajstić information content (AvgIpc) is 2.36. The van der Waals surface area contributed by atoms with Crippen LogP contribution in [0.1, 0.15) is 49.5 Å². The van der Waals surface area contributed by atoms with Crippen LogP contribution in [-0.2, 0) is 6.54 Å². The molecule has 0 saturated carbocycles. The highest BCUT2D eigenvalue weighted by molar-refractivity contribution is 5.92. The maximum Gasteiger partial charge on any atom is 0.248 e. The van der Waals surface area contributed by atoms with E-state index in [9.17, 15) is 4.79 Å². The molecule has 104 valence electrons. The van der Waals surface area contributed by atoms with E-state index in [0.29, 0.717) is 11.6 Å². The maximum atomic E-state index is 11.1. The van der Waals surface area contributed by atoms with E-state index in [1.807, 2.05) is 18.2 Å². The zero-order valence-corrected chi connectivity index (χ0v) is 12.1. The predicted octanol–water partition coefficient (Wildman–Crippen LogP) is 3.01. The third-order valence-electron chi connectivity index (χ3n) is 3.02. The van der Waals surface area contributed by atoms with Crippen LogP contribution in [0.4, 0.5) is 0 Å². The quantitative estimate of drug-likeness (QED) is 0.740. The molecular formula is C16H24N2O. The lowest BCUT2D eigenvalue weighted by molar-refractivity contribution is 0.1000. The Morgan fingerprint density at radius 1 is 1.42 bits per heavy atom. The summed E-state index contributed by atoms with van der Waals surface area (Å²) in [4.78, 5) is 11.1. The molecule has 0 aliphatic rings. The smallest absolute Gasteiger partial charge is 0.248 e. The average molecular weight is 260 g/mol. The summed E-state index contributed by atoms with van der Waals surface area (Å²) < 4.78 is 0. The van der Waals surface area contributed by atoms with E-state index in [2.05, 4.69) is 32.2 Å². The highest BCUT2D eigenvalue weighted by Crippen LogP contribution is 2.06. The van der Waals surface area contributed by atoms with Crippen molar-refractivity contribution in [2.24, 2.45) is 5.73 Å². The minimum absolute atomic E-state index is 0.376. The van der Waals surface area contributed by atoms with Gasteiger partial charge in [-0.05, 0) is 51.3 Å². The Labute approximate surface area is 115 Å². The molecule has 0 spiro atoms. The molecule has 0 fully saturated rings. The molecule has 3 heteroatoms. The molecule has 1 amide bonds. The van der Waals surface area contributed by atoms with Gasteiger partial charge in [-0.25, -0.2) is 0 Å². The molecule has 0 unspecified atom stereocenters. The van der Waals surface area contributed by atoms with E-state index in [1.54, 1.807) is 6.07 Å². The summed E-state index contributed by atoms with van der Waals surface area (Å²) in [5, 5.41) is 3.46. The monoisotopic (exact) mass is 260 g/mol. The highest BCUT2D eigenvalue weighted by Gasteiger charge is 2.03. The number of hydrogen-bond acceptors (Lipinski definition) is 2. The summed E-state index contributed by atoms with van der Waals surface area (Å²) in [6.45, 7) is 7.18. The number of carbonyl (C=O) groups is 1. The van der Waals surface area contributed by atoms with Gasteiger partial charge >= 0.3 is 0 Å². The fraction of sp³-hybridized carbons (Fsp3) is 0.438. The standard InChI is InChI=1S/C16H24N2O/c1-12(2)6-4-7-13(3)18-11-14-8-5-9-15(10-14)16(17)19/h5-6,8-10,13,18H,4,7,11H2,1-3H3,(H2,17,19)/t13-/m1/s1. The second-order valence-electron chi connectivity index (χ2n) is 5.21. The molecule has 0 heterocycles. The summed E-state index contributed by atoms with van der Waals surface area (Å²) in [6.07, 6.45) is 4.46. The molecule has 1 rings (SSSR count). The van der Waals surface area contributed by atoms with E-state index < -0.39 is 0 Å². The fourth-order valence-electron chi connectivity index (χ4n) is 1.85. The largest absolute Gasteiger partial charge is 0.366 e. The molecule has 0 radical (unpaired) electrons. The molecule has 1 aromatic carbocycles. The number of primary amides is 1. The Kier molecular flexibility index (Phi) is 6.30. The van der Waals surface area contributed by atoms with Crippen LogP contribution in [0, 0.1) is 0 Å². The molecule has 3 nitrogen and oxygen atoms in total. The number of amides is 1. The Bertz CT molecular complexity index is 448. The first-order valence-electron chi connectivity index (χ1n) is 6.74. The van der Waals surface area contributed by atoms with Crippen LogP contribution in [-0.4, -0.2) is 11.9 Å². The minimum atomic E-state index is -0.376. The summed E-state index contributed by atoms with van der Waals surface area (Å²) >= 11 is 0. The van der Waals surface area contributed by atoms with Crippen molar-refractivity contribution in [3.05, 3.63) is 47.0 Å². The Morgan fingerprint density at radius 2 is 2.16 bits per heavy atom. The zero-order valence-electron chi connectivity index (χ0n) is 12.1. The molecule has 0 bridgehead atoms. The number of nitrogens with one attached hydrogen (secondary N) is 1. The van der Waals surface area contributed by atoms with Crippen molar-refractivity contribution in [1.29, 1.82) is 0 Å². The predicted molar refractivity (Wildman–Crippen MR) is 79.9 cm³/mol. The lowest BCUT2D eigenvalue weighted by Gasteiger charge is -2.13. The number of carbonyl (C=O) groups excluding carboxylic acids is 1. The Balaban J connectivity index is 2.41.